The second kappa shape index (κ2) is 10.2. The van der Waals surface area contributed by atoms with E-state index in [-0.39, 0.29) is 17.9 Å². The van der Waals surface area contributed by atoms with Crippen LogP contribution in [0.2, 0.25) is 0 Å². The van der Waals surface area contributed by atoms with Gasteiger partial charge in [0.2, 0.25) is 11.8 Å². The van der Waals surface area contributed by atoms with Crippen LogP contribution >= 0.6 is 0 Å². The summed E-state index contributed by atoms with van der Waals surface area (Å²) in [6.45, 7) is 3.54. The predicted molar refractivity (Wildman–Crippen MR) is 118 cm³/mol. The average molecular weight is 419 g/mol. The molecule has 0 saturated heterocycles. The molecule has 2 atom stereocenters. The smallest absolute Gasteiger partial charge is 0.244 e. The quantitative estimate of drug-likeness (QED) is 0.547. The van der Waals surface area contributed by atoms with Gasteiger partial charge in [0, 0.05) is 6.08 Å². The molecule has 1 heterocycles. The van der Waals surface area contributed by atoms with Crippen LogP contribution in [0.5, 0.6) is 5.75 Å². The molecule has 160 valence electrons. The van der Waals surface area contributed by atoms with Gasteiger partial charge in [-0.1, -0.05) is 24.3 Å². The van der Waals surface area contributed by atoms with Crippen molar-refractivity contribution in [3.05, 3.63) is 78.4 Å². The Kier molecular flexibility index (Phi) is 7.16. The predicted octanol–water partition coefficient (Wildman–Crippen LogP) is 2.67. The molecule has 8 heteroatoms. The molecule has 0 saturated carbocycles. The minimum atomic E-state index is -0.676. The minimum Gasteiger partial charge on any atom is -0.497 e. The Morgan fingerprint density at radius 1 is 1.03 bits per heavy atom. The number of rotatable bonds is 8. The SMILES string of the molecule is COc1ccc(/C=C/C(=O)NC(C)C(=O)NC(C)c2ccc(-n3cncn3)cc2)cc1. The Morgan fingerprint density at radius 2 is 1.74 bits per heavy atom. The second-order valence-corrected chi connectivity index (χ2v) is 7.00. The fourth-order valence-electron chi connectivity index (χ4n) is 2.89. The summed E-state index contributed by atoms with van der Waals surface area (Å²) in [7, 11) is 1.60. The van der Waals surface area contributed by atoms with Crippen LogP contribution in [0.3, 0.4) is 0 Å². The molecule has 3 rings (SSSR count). The van der Waals surface area contributed by atoms with Crippen LogP contribution in [0.1, 0.15) is 31.0 Å². The van der Waals surface area contributed by atoms with Gasteiger partial charge in [-0.3, -0.25) is 9.59 Å². The Morgan fingerprint density at radius 3 is 2.35 bits per heavy atom. The molecule has 0 aliphatic rings. The largest absolute Gasteiger partial charge is 0.497 e. The number of carbonyl (C=O) groups excluding carboxylic acids is 2. The van der Waals surface area contributed by atoms with Gasteiger partial charge in [0.1, 0.15) is 24.4 Å². The third kappa shape index (κ3) is 6.02. The van der Waals surface area contributed by atoms with Crippen molar-refractivity contribution in [1.29, 1.82) is 0 Å². The molecule has 2 N–H and O–H groups in total. The van der Waals surface area contributed by atoms with Gasteiger partial charge in [-0.15, -0.1) is 0 Å². The molecule has 0 radical (unpaired) electrons. The zero-order valence-corrected chi connectivity index (χ0v) is 17.6. The van der Waals surface area contributed by atoms with Crippen molar-refractivity contribution in [3.8, 4) is 11.4 Å². The van der Waals surface area contributed by atoms with Crippen LogP contribution in [0, 0.1) is 0 Å². The molecule has 31 heavy (non-hydrogen) atoms. The van der Waals surface area contributed by atoms with E-state index in [1.807, 2.05) is 55.5 Å². The summed E-state index contributed by atoms with van der Waals surface area (Å²) in [5.74, 6) is 0.136. The Balaban J connectivity index is 1.50. The van der Waals surface area contributed by atoms with Crippen LogP contribution < -0.4 is 15.4 Å². The molecule has 0 aliphatic heterocycles. The lowest BCUT2D eigenvalue weighted by atomic mass is 10.1. The topological polar surface area (TPSA) is 98.1 Å². The number of hydrogen-bond acceptors (Lipinski definition) is 5. The molecule has 0 bridgehead atoms. The molecule has 0 spiro atoms. The van der Waals surface area contributed by atoms with Crippen LogP contribution in [0.4, 0.5) is 0 Å². The highest BCUT2D eigenvalue weighted by atomic mass is 16.5. The lowest BCUT2D eigenvalue weighted by molar-refractivity contribution is -0.127. The lowest BCUT2D eigenvalue weighted by Crippen LogP contribution is -2.45. The van der Waals surface area contributed by atoms with Crippen LogP contribution in [-0.2, 0) is 9.59 Å². The van der Waals surface area contributed by atoms with Gasteiger partial charge in [-0.2, -0.15) is 5.10 Å². The molecular formula is C23H25N5O3. The highest BCUT2D eigenvalue weighted by Gasteiger charge is 2.17. The Bertz CT molecular complexity index is 1030. The third-order valence-corrected chi connectivity index (χ3v) is 4.73. The highest BCUT2D eigenvalue weighted by molar-refractivity contribution is 5.95. The third-order valence-electron chi connectivity index (χ3n) is 4.73. The normalized spacial score (nSPS) is 12.9. The van der Waals surface area contributed by atoms with E-state index in [0.29, 0.717) is 0 Å². The maximum Gasteiger partial charge on any atom is 0.244 e. The number of hydrogen-bond donors (Lipinski definition) is 2. The Labute approximate surface area is 181 Å². The second-order valence-electron chi connectivity index (χ2n) is 7.00. The van der Waals surface area contributed by atoms with E-state index in [9.17, 15) is 9.59 Å². The van der Waals surface area contributed by atoms with Crippen LogP contribution in [0.25, 0.3) is 11.8 Å². The van der Waals surface area contributed by atoms with Crippen molar-refractivity contribution in [3.63, 3.8) is 0 Å². The van der Waals surface area contributed by atoms with E-state index >= 15 is 0 Å². The summed E-state index contributed by atoms with van der Waals surface area (Å²) in [6, 6.07) is 14.1. The first-order valence-corrected chi connectivity index (χ1v) is 9.84. The van der Waals surface area contributed by atoms with E-state index in [2.05, 4.69) is 20.7 Å². The van der Waals surface area contributed by atoms with Gasteiger partial charge < -0.3 is 15.4 Å². The number of nitrogens with one attached hydrogen (secondary N) is 2. The number of aromatic nitrogens is 3. The zero-order valence-electron chi connectivity index (χ0n) is 17.6. The van der Waals surface area contributed by atoms with E-state index < -0.39 is 6.04 Å². The van der Waals surface area contributed by atoms with Crippen molar-refractivity contribution in [2.45, 2.75) is 25.9 Å². The monoisotopic (exact) mass is 419 g/mol. The highest BCUT2D eigenvalue weighted by Crippen LogP contribution is 2.15. The molecular weight excluding hydrogens is 394 g/mol. The first-order valence-electron chi connectivity index (χ1n) is 9.84. The van der Waals surface area contributed by atoms with Gasteiger partial charge in [-0.25, -0.2) is 9.67 Å². The van der Waals surface area contributed by atoms with E-state index in [0.717, 1.165) is 22.6 Å². The van der Waals surface area contributed by atoms with Gasteiger partial charge in [0.25, 0.3) is 0 Å². The average Bonchev–Trinajstić information content (AvgIpc) is 3.33. The minimum absolute atomic E-state index is 0.216. The van der Waals surface area contributed by atoms with Crippen molar-refractivity contribution in [2.24, 2.45) is 0 Å². The number of ether oxygens (including phenoxy) is 1. The summed E-state index contributed by atoms with van der Waals surface area (Å²) in [6.07, 6.45) is 6.17. The van der Waals surface area contributed by atoms with E-state index in [1.54, 1.807) is 31.1 Å². The molecule has 2 amide bonds. The van der Waals surface area contributed by atoms with Crippen molar-refractivity contribution >= 4 is 17.9 Å². The molecule has 2 aromatic carbocycles. The molecule has 1 aromatic heterocycles. The first-order chi connectivity index (χ1) is 15.0. The van der Waals surface area contributed by atoms with Gasteiger partial charge in [-0.05, 0) is 55.3 Å². The number of amides is 2. The number of methoxy groups -OCH3 is 1. The van der Waals surface area contributed by atoms with Crippen molar-refractivity contribution < 1.29 is 14.3 Å². The maximum absolute atomic E-state index is 12.5. The summed E-state index contributed by atoms with van der Waals surface area (Å²) < 4.78 is 6.76. The molecule has 0 fully saturated rings. The molecule has 2 unspecified atom stereocenters. The maximum atomic E-state index is 12.5. The first kappa shape index (κ1) is 21.8. The van der Waals surface area contributed by atoms with Gasteiger partial charge in [0.05, 0.1) is 18.8 Å². The number of benzene rings is 2. The zero-order chi connectivity index (χ0) is 22.2. The molecule has 3 aromatic rings. The van der Waals surface area contributed by atoms with Crippen LogP contribution in [0.15, 0.2) is 67.3 Å². The fraction of sp³-hybridized carbons (Fsp3) is 0.217. The summed E-state index contributed by atoms with van der Waals surface area (Å²) in [5.41, 5.74) is 2.68. The van der Waals surface area contributed by atoms with Gasteiger partial charge in [0.15, 0.2) is 0 Å². The summed E-state index contributed by atoms with van der Waals surface area (Å²) in [5, 5.41) is 9.68. The number of nitrogens with zero attached hydrogens (tertiary/aromatic N) is 3. The number of carbonyl (C=O) groups is 2. The van der Waals surface area contributed by atoms with Crippen molar-refractivity contribution in [2.75, 3.05) is 7.11 Å². The molecule has 0 aliphatic carbocycles. The molecule has 8 nitrogen and oxygen atoms in total. The van der Waals surface area contributed by atoms with E-state index in [4.69, 9.17) is 4.74 Å². The van der Waals surface area contributed by atoms with E-state index in [1.165, 1.54) is 12.4 Å². The van der Waals surface area contributed by atoms with Crippen molar-refractivity contribution in [1.82, 2.24) is 25.4 Å². The lowest BCUT2D eigenvalue weighted by Gasteiger charge is -2.18. The Hall–Kier alpha value is -3.94. The summed E-state index contributed by atoms with van der Waals surface area (Å²) >= 11 is 0. The van der Waals surface area contributed by atoms with Crippen LogP contribution in [-0.4, -0.2) is 39.7 Å². The summed E-state index contributed by atoms with van der Waals surface area (Å²) in [4.78, 5) is 28.5. The fourth-order valence-corrected chi connectivity index (χ4v) is 2.89. The van der Waals surface area contributed by atoms with Gasteiger partial charge >= 0.3 is 0 Å². The standard InChI is InChI=1S/C23H25N5O3/c1-16(19-7-9-20(10-8-19)28-15-24-14-25-28)27-23(30)17(2)26-22(29)13-6-18-4-11-21(31-3)12-5-18/h4-17H,1-3H3,(H,26,29)(H,27,30)/b13-6+.